The Hall–Kier alpha value is -2.47. The normalized spacial score (nSPS) is 15.3. The largest absolute Gasteiger partial charge is 0.365 e. The molecule has 1 aliphatic rings. The van der Waals surface area contributed by atoms with Crippen LogP contribution in [-0.2, 0) is 6.54 Å². The van der Waals surface area contributed by atoms with Crippen molar-refractivity contribution in [3.63, 3.8) is 0 Å². The van der Waals surface area contributed by atoms with Crippen LogP contribution in [0.5, 0.6) is 0 Å². The highest BCUT2D eigenvalue weighted by molar-refractivity contribution is 5.92. The Labute approximate surface area is 142 Å². The maximum absolute atomic E-state index is 12.4. The smallest absolute Gasteiger partial charge is 0.274 e. The third-order valence-corrected chi connectivity index (χ3v) is 4.23. The van der Waals surface area contributed by atoms with Gasteiger partial charge in [0.25, 0.3) is 5.91 Å². The van der Waals surface area contributed by atoms with Crippen LogP contribution in [0.1, 0.15) is 21.6 Å². The number of hydrogen-bond donors (Lipinski definition) is 1. The second kappa shape index (κ2) is 7.40. The lowest BCUT2D eigenvalue weighted by Gasteiger charge is -2.32. The van der Waals surface area contributed by atoms with Gasteiger partial charge in [-0.3, -0.25) is 4.79 Å². The number of aromatic nitrogens is 2. The molecule has 126 valence electrons. The molecule has 3 rings (SSSR count). The van der Waals surface area contributed by atoms with Gasteiger partial charge in [0.15, 0.2) is 5.69 Å². The molecular formula is C18H23N5O. The minimum Gasteiger partial charge on any atom is -0.365 e. The van der Waals surface area contributed by atoms with Crippen LogP contribution in [0.15, 0.2) is 36.4 Å². The number of anilines is 1. The van der Waals surface area contributed by atoms with Crippen molar-refractivity contribution < 1.29 is 4.79 Å². The summed E-state index contributed by atoms with van der Waals surface area (Å²) in [5, 5.41) is 11.4. The molecule has 1 aromatic heterocycles. The predicted molar refractivity (Wildman–Crippen MR) is 93.9 cm³/mol. The number of hydrogen-bond acceptors (Lipinski definition) is 5. The van der Waals surface area contributed by atoms with E-state index in [1.165, 1.54) is 11.1 Å². The Balaban J connectivity index is 1.58. The maximum atomic E-state index is 12.4. The zero-order valence-electron chi connectivity index (χ0n) is 14.2. The fourth-order valence-electron chi connectivity index (χ4n) is 2.73. The molecule has 0 atom stereocenters. The molecule has 0 bridgehead atoms. The molecule has 6 heteroatoms. The van der Waals surface area contributed by atoms with E-state index < -0.39 is 0 Å². The molecule has 1 fully saturated rings. The first-order valence-corrected chi connectivity index (χ1v) is 8.23. The fourth-order valence-corrected chi connectivity index (χ4v) is 2.73. The first-order chi connectivity index (χ1) is 11.6. The van der Waals surface area contributed by atoms with Gasteiger partial charge in [-0.15, -0.1) is 10.2 Å². The number of carbonyl (C=O) groups excluding carboxylic acids is 1. The van der Waals surface area contributed by atoms with Gasteiger partial charge in [-0.25, -0.2) is 0 Å². The highest BCUT2D eigenvalue weighted by Crippen LogP contribution is 2.10. The van der Waals surface area contributed by atoms with E-state index in [0.717, 1.165) is 26.2 Å². The van der Waals surface area contributed by atoms with Crippen LogP contribution in [0.2, 0.25) is 0 Å². The minimum atomic E-state index is -0.0409. The van der Waals surface area contributed by atoms with Gasteiger partial charge >= 0.3 is 0 Å². The Morgan fingerprint density at radius 1 is 1.12 bits per heavy atom. The first-order valence-electron chi connectivity index (χ1n) is 8.23. The average molecular weight is 325 g/mol. The Morgan fingerprint density at radius 3 is 2.58 bits per heavy atom. The zero-order valence-corrected chi connectivity index (χ0v) is 14.2. The van der Waals surface area contributed by atoms with Crippen LogP contribution in [0, 0.1) is 6.92 Å². The molecule has 0 spiro atoms. The van der Waals surface area contributed by atoms with E-state index in [1.807, 2.05) is 17.0 Å². The Morgan fingerprint density at radius 2 is 1.92 bits per heavy atom. The van der Waals surface area contributed by atoms with Crippen molar-refractivity contribution in [1.82, 2.24) is 20.0 Å². The molecule has 1 aliphatic heterocycles. The highest BCUT2D eigenvalue weighted by Gasteiger charge is 2.21. The standard InChI is InChI=1S/C18H23N5O/c1-14-4-3-5-15(12-14)13-19-17-7-6-16(20-21-17)18(24)23-10-8-22(2)9-11-23/h3-7,12H,8-11,13H2,1-2H3,(H,19,21). The molecule has 1 saturated heterocycles. The lowest BCUT2D eigenvalue weighted by atomic mass is 10.1. The summed E-state index contributed by atoms with van der Waals surface area (Å²) >= 11 is 0. The van der Waals surface area contributed by atoms with Crippen LogP contribution >= 0.6 is 0 Å². The summed E-state index contributed by atoms with van der Waals surface area (Å²) < 4.78 is 0. The molecule has 1 N–H and O–H groups in total. The van der Waals surface area contributed by atoms with Crippen molar-refractivity contribution in [1.29, 1.82) is 0 Å². The summed E-state index contributed by atoms with van der Waals surface area (Å²) in [5.41, 5.74) is 2.82. The lowest BCUT2D eigenvalue weighted by Crippen LogP contribution is -2.47. The molecular weight excluding hydrogens is 302 g/mol. The SMILES string of the molecule is Cc1cccc(CNc2ccc(C(=O)N3CCN(C)CC3)nn2)c1. The highest BCUT2D eigenvalue weighted by atomic mass is 16.2. The van der Waals surface area contributed by atoms with Gasteiger partial charge in [0.2, 0.25) is 0 Å². The molecule has 0 saturated carbocycles. The summed E-state index contributed by atoms with van der Waals surface area (Å²) in [6, 6.07) is 11.9. The maximum Gasteiger partial charge on any atom is 0.274 e. The number of piperazine rings is 1. The van der Waals surface area contributed by atoms with E-state index in [2.05, 4.69) is 52.6 Å². The van der Waals surface area contributed by atoms with Crippen LogP contribution in [0.4, 0.5) is 5.82 Å². The Kier molecular flexibility index (Phi) is 5.05. The van der Waals surface area contributed by atoms with Gasteiger partial charge in [0.05, 0.1) is 0 Å². The number of benzene rings is 1. The van der Waals surface area contributed by atoms with Gasteiger partial charge in [-0.05, 0) is 31.7 Å². The van der Waals surface area contributed by atoms with Gasteiger partial charge < -0.3 is 15.1 Å². The summed E-state index contributed by atoms with van der Waals surface area (Å²) in [7, 11) is 2.07. The van der Waals surface area contributed by atoms with Crippen LogP contribution < -0.4 is 5.32 Å². The second-order valence-electron chi connectivity index (χ2n) is 6.24. The number of amides is 1. The molecule has 1 amide bonds. The predicted octanol–water partition coefficient (Wildman–Crippen LogP) is 1.78. The van der Waals surface area contributed by atoms with E-state index in [9.17, 15) is 4.79 Å². The summed E-state index contributed by atoms with van der Waals surface area (Å²) in [6.45, 7) is 6.03. The van der Waals surface area contributed by atoms with E-state index in [-0.39, 0.29) is 5.91 Å². The summed E-state index contributed by atoms with van der Waals surface area (Å²) in [6.07, 6.45) is 0. The topological polar surface area (TPSA) is 61.4 Å². The number of nitrogens with zero attached hydrogens (tertiary/aromatic N) is 4. The van der Waals surface area contributed by atoms with Crippen molar-refractivity contribution in [2.75, 3.05) is 38.5 Å². The van der Waals surface area contributed by atoms with Crippen LogP contribution in [0.3, 0.4) is 0 Å². The molecule has 6 nitrogen and oxygen atoms in total. The summed E-state index contributed by atoms with van der Waals surface area (Å²) in [4.78, 5) is 16.5. The number of likely N-dealkylation sites (N-methyl/N-ethyl adjacent to an activating group) is 1. The lowest BCUT2D eigenvalue weighted by molar-refractivity contribution is 0.0657. The number of nitrogens with one attached hydrogen (secondary N) is 1. The van der Waals surface area contributed by atoms with Gasteiger partial charge in [0, 0.05) is 32.7 Å². The Bertz CT molecular complexity index is 693. The zero-order chi connectivity index (χ0) is 16.9. The van der Waals surface area contributed by atoms with E-state index in [4.69, 9.17) is 0 Å². The van der Waals surface area contributed by atoms with E-state index in [0.29, 0.717) is 18.1 Å². The number of rotatable bonds is 4. The van der Waals surface area contributed by atoms with Crippen molar-refractivity contribution in [2.45, 2.75) is 13.5 Å². The van der Waals surface area contributed by atoms with Crippen LogP contribution in [0.25, 0.3) is 0 Å². The average Bonchev–Trinajstić information content (AvgIpc) is 2.61. The number of carbonyl (C=O) groups is 1. The van der Waals surface area contributed by atoms with Gasteiger partial charge in [-0.1, -0.05) is 29.8 Å². The number of aryl methyl sites for hydroxylation is 1. The molecule has 24 heavy (non-hydrogen) atoms. The van der Waals surface area contributed by atoms with E-state index in [1.54, 1.807) is 6.07 Å². The van der Waals surface area contributed by atoms with E-state index >= 15 is 0 Å². The van der Waals surface area contributed by atoms with Gasteiger partial charge in [0.1, 0.15) is 5.82 Å². The third-order valence-electron chi connectivity index (χ3n) is 4.23. The second-order valence-corrected chi connectivity index (χ2v) is 6.24. The van der Waals surface area contributed by atoms with Crippen molar-refractivity contribution in [3.8, 4) is 0 Å². The van der Waals surface area contributed by atoms with Crippen LogP contribution in [-0.4, -0.2) is 59.1 Å². The monoisotopic (exact) mass is 325 g/mol. The minimum absolute atomic E-state index is 0.0409. The molecule has 0 radical (unpaired) electrons. The molecule has 2 aromatic rings. The summed E-state index contributed by atoms with van der Waals surface area (Å²) in [5.74, 6) is 0.632. The first kappa shape index (κ1) is 16.4. The third kappa shape index (κ3) is 4.08. The molecule has 1 aromatic carbocycles. The van der Waals surface area contributed by atoms with Crippen molar-refractivity contribution in [2.24, 2.45) is 0 Å². The fraction of sp³-hybridized carbons (Fsp3) is 0.389. The molecule has 0 unspecified atom stereocenters. The molecule has 2 heterocycles. The van der Waals surface area contributed by atoms with Gasteiger partial charge in [-0.2, -0.15) is 0 Å². The van der Waals surface area contributed by atoms with Crippen molar-refractivity contribution in [3.05, 3.63) is 53.2 Å². The molecule has 0 aliphatic carbocycles. The van der Waals surface area contributed by atoms with Crippen molar-refractivity contribution >= 4 is 11.7 Å². The quantitative estimate of drug-likeness (QED) is 0.928.